The maximum absolute atomic E-state index is 13.8. The van der Waals surface area contributed by atoms with Crippen LogP contribution in [0.15, 0.2) is 47.5 Å². The van der Waals surface area contributed by atoms with Crippen molar-refractivity contribution < 1.29 is 19.1 Å². The summed E-state index contributed by atoms with van der Waals surface area (Å²) < 4.78 is 11.0. The van der Waals surface area contributed by atoms with E-state index in [9.17, 15) is 9.59 Å². The molecular weight excluding hydrogens is 479 g/mol. The monoisotopic (exact) mass is 508 g/mol. The first kappa shape index (κ1) is 26.0. The fourth-order valence-corrected chi connectivity index (χ4v) is 4.22. The molecule has 2 radical (unpaired) electrons. The average Bonchev–Trinajstić information content (AvgIpc) is 2.98. The van der Waals surface area contributed by atoms with E-state index < -0.39 is 23.7 Å². The maximum atomic E-state index is 13.8. The van der Waals surface area contributed by atoms with Gasteiger partial charge in [0, 0.05) is 48.7 Å². The molecule has 10 heteroatoms. The van der Waals surface area contributed by atoms with Gasteiger partial charge in [0.15, 0.2) is 0 Å². The molecule has 1 amide bonds. The fourth-order valence-electron chi connectivity index (χ4n) is 4.06. The number of hydrogen-bond donors (Lipinski definition) is 0. The van der Waals surface area contributed by atoms with Crippen LogP contribution in [0, 0.1) is 0 Å². The smallest absolute Gasteiger partial charge is 0.423 e. The van der Waals surface area contributed by atoms with Gasteiger partial charge in [0.25, 0.3) is 0 Å². The highest BCUT2D eigenvalue weighted by atomic mass is 35.5. The average molecular weight is 509 g/mol. The number of piperazine rings is 1. The van der Waals surface area contributed by atoms with Crippen LogP contribution in [0.4, 0.5) is 16.2 Å². The van der Waals surface area contributed by atoms with Crippen molar-refractivity contribution in [3.05, 3.63) is 58.1 Å². The Morgan fingerprint density at radius 2 is 1.83 bits per heavy atom. The Morgan fingerprint density at radius 1 is 1.14 bits per heavy atom. The Bertz CT molecular complexity index is 1280. The number of fused-ring (bicyclic) bond motifs is 2. The number of halogens is 1. The molecule has 36 heavy (non-hydrogen) atoms. The number of rotatable bonds is 5. The number of benzene rings is 2. The van der Waals surface area contributed by atoms with Gasteiger partial charge >= 0.3 is 12.1 Å². The van der Waals surface area contributed by atoms with Crippen molar-refractivity contribution in [3.8, 4) is 0 Å². The van der Waals surface area contributed by atoms with Crippen molar-refractivity contribution in [1.29, 1.82) is 0 Å². The molecule has 1 fully saturated rings. The zero-order valence-corrected chi connectivity index (χ0v) is 21.8. The third-order valence-corrected chi connectivity index (χ3v) is 6.74. The van der Waals surface area contributed by atoms with Crippen LogP contribution in [0.3, 0.4) is 0 Å². The Labute approximate surface area is 217 Å². The lowest BCUT2D eigenvalue weighted by Gasteiger charge is -2.39. The topological polar surface area (TPSA) is 74.7 Å². The summed E-state index contributed by atoms with van der Waals surface area (Å²) in [4.78, 5) is 37.0. The number of nitrogens with zero attached hydrogens (tertiary/aromatic N) is 4. The highest BCUT2D eigenvalue weighted by molar-refractivity contribution is 6.31. The van der Waals surface area contributed by atoms with Gasteiger partial charge in [0.2, 0.25) is 6.29 Å². The maximum Gasteiger partial charge on any atom is 0.423 e. The van der Waals surface area contributed by atoms with Crippen LogP contribution in [0.1, 0.15) is 27.2 Å². The van der Waals surface area contributed by atoms with Gasteiger partial charge in [-0.3, -0.25) is 4.79 Å². The summed E-state index contributed by atoms with van der Waals surface area (Å²) in [6, 6.07) is 12.9. The first-order valence-corrected chi connectivity index (χ1v) is 12.4. The molecule has 0 N–H and O–H groups in total. The number of ether oxygens (including phenoxy) is 2. The van der Waals surface area contributed by atoms with Gasteiger partial charge in [-0.2, -0.15) is 0 Å². The summed E-state index contributed by atoms with van der Waals surface area (Å²) in [5, 5.41) is 0.785. The molecule has 0 saturated carbocycles. The van der Waals surface area contributed by atoms with Crippen molar-refractivity contribution in [1.82, 2.24) is 9.80 Å². The predicted molar refractivity (Wildman–Crippen MR) is 140 cm³/mol. The molecule has 2 heterocycles. The lowest BCUT2D eigenvalue weighted by Crippen LogP contribution is -2.51. The van der Waals surface area contributed by atoms with Crippen LogP contribution >= 0.6 is 11.6 Å². The summed E-state index contributed by atoms with van der Waals surface area (Å²) in [5.74, 6) is -0.00237. The molecule has 0 aromatic heterocycles. The summed E-state index contributed by atoms with van der Waals surface area (Å²) in [6.45, 7) is 7.91. The summed E-state index contributed by atoms with van der Waals surface area (Å²) in [7, 11) is 8.07. The molecule has 188 valence electrons. The number of carbonyl (C=O) groups is 2. The van der Waals surface area contributed by atoms with Crippen LogP contribution in [0.25, 0.3) is 5.82 Å². The first-order chi connectivity index (χ1) is 17.1. The van der Waals surface area contributed by atoms with Crippen molar-refractivity contribution in [2.24, 2.45) is 4.99 Å². The van der Waals surface area contributed by atoms with E-state index in [1.165, 1.54) is 11.8 Å². The zero-order valence-electron chi connectivity index (χ0n) is 21.0. The van der Waals surface area contributed by atoms with E-state index in [-0.39, 0.29) is 0 Å². The number of likely N-dealkylation sites (N-methyl/N-ethyl adjacent to an activating group) is 1. The van der Waals surface area contributed by atoms with E-state index in [0.29, 0.717) is 41.7 Å². The van der Waals surface area contributed by atoms with Crippen molar-refractivity contribution in [2.75, 3.05) is 38.1 Å². The van der Waals surface area contributed by atoms with Gasteiger partial charge in [-0.15, -0.1) is 0 Å². The quantitative estimate of drug-likeness (QED) is 0.351. The van der Waals surface area contributed by atoms with Gasteiger partial charge in [-0.1, -0.05) is 37.6 Å². The second kappa shape index (κ2) is 10.5. The molecular formula is C26H30BClN4O4. The highest BCUT2D eigenvalue weighted by Crippen LogP contribution is 2.36. The minimum absolute atomic E-state index is 0.379. The van der Waals surface area contributed by atoms with Crippen LogP contribution in [-0.4, -0.2) is 69.2 Å². The van der Waals surface area contributed by atoms with Crippen LogP contribution in [-0.2, 0) is 14.3 Å². The molecule has 0 spiro atoms. The van der Waals surface area contributed by atoms with Crippen LogP contribution in [0.2, 0.25) is 10.3 Å². The normalized spacial score (nSPS) is 18.2. The van der Waals surface area contributed by atoms with E-state index in [0.717, 1.165) is 23.7 Å². The number of esters is 1. The Morgan fingerprint density at radius 3 is 2.53 bits per heavy atom. The van der Waals surface area contributed by atoms with Crippen LogP contribution < -0.4 is 15.5 Å². The largest absolute Gasteiger partial charge is 0.426 e. The van der Waals surface area contributed by atoms with Crippen molar-refractivity contribution in [2.45, 2.75) is 38.8 Å². The van der Waals surface area contributed by atoms with E-state index >= 15 is 0 Å². The SMILES string of the molecule is [B]C(C)(CC)C(=O)OC(C)OC(=O)N1C(N2CCN(C)CC2)=c2ccccc2=Nc2ccc(Cl)cc21. The molecule has 2 aromatic rings. The van der Waals surface area contributed by atoms with E-state index in [4.69, 9.17) is 33.9 Å². The third kappa shape index (κ3) is 5.37. The van der Waals surface area contributed by atoms with Gasteiger partial charge in [-0.25, -0.2) is 14.7 Å². The lowest BCUT2D eigenvalue weighted by molar-refractivity contribution is -0.167. The standard InChI is InChI=1S/C26H30BClN4O4/c1-5-26(3,27)24(33)35-17(2)36-25(34)32-22-16-18(28)10-11-21(22)29-20-9-7-6-8-19(20)23(32)31-14-12-30(4)13-15-31/h6-11,16-17H,5,12-15H2,1-4H3. The molecule has 0 aliphatic carbocycles. The number of carbonyl (C=O) groups excluding carboxylic acids is 2. The lowest BCUT2D eigenvalue weighted by atomic mass is 9.69. The molecule has 0 bridgehead atoms. The van der Waals surface area contributed by atoms with Gasteiger partial charge < -0.3 is 19.3 Å². The summed E-state index contributed by atoms with van der Waals surface area (Å²) in [6.07, 6.45) is -1.49. The van der Waals surface area contributed by atoms with Gasteiger partial charge in [0.05, 0.1) is 24.6 Å². The van der Waals surface area contributed by atoms with E-state index in [2.05, 4.69) is 16.8 Å². The number of para-hydroxylation sites is 1. The van der Waals surface area contributed by atoms with E-state index in [1.807, 2.05) is 24.3 Å². The van der Waals surface area contributed by atoms with E-state index in [1.54, 1.807) is 32.0 Å². The van der Waals surface area contributed by atoms with Crippen LogP contribution in [0.5, 0.6) is 0 Å². The van der Waals surface area contributed by atoms with Gasteiger partial charge in [-0.05, 0) is 43.8 Å². The Hall–Kier alpha value is -3.04. The number of hydrogen-bond acceptors (Lipinski definition) is 7. The van der Waals surface area contributed by atoms with Gasteiger partial charge in [0.1, 0.15) is 5.82 Å². The first-order valence-electron chi connectivity index (χ1n) is 12.0. The van der Waals surface area contributed by atoms with Crippen molar-refractivity contribution >= 4 is 48.7 Å². The third-order valence-electron chi connectivity index (χ3n) is 6.50. The molecule has 1 saturated heterocycles. The second-order valence-electron chi connectivity index (χ2n) is 9.34. The molecule has 8 nitrogen and oxygen atoms in total. The zero-order chi connectivity index (χ0) is 26.0. The predicted octanol–water partition coefficient (Wildman–Crippen LogP) is 3.21. The summed E-state index contributed by atoms with van der Waals surface area (Å²) >= 11 is 6.37. The number of amides is 1. The Balaban J connectivity index is 1.79. The highest BCUT2D eigenvalue weighted by Gasteiger charge is 2.34. The Kier molecular flexibility index (Phi) is 7.61. The molecule has 2 atom stereocenters. The summed E-state index contributed by atoms with van der Waals surface area (Å²) in [5.41, 5.74) is 1.05. The molecule has 2 unspecified atom stereocenters. The molecule has 4 rings (SSSR count). The second-order valence-corrected chi connectivity index (χ2v) is 9.78. The fraction of sp³-hybridized carbons (Fsp3) is 0.423. The molecule has 2 aliphatic heterocycles. The minimum Gasteiger partial charge on any atom is -0.426 e. The number of anilines is 1. The molecule has 2 aliphatic rings. The van der Waals surface area contributed by atoms with Crippen molar-refractivity contribution in [3.63, 3.8) is 0 Å². The molecule has 2 aromatic carbocycles. The minimum atomic E-state index is -1.18.